The number of hydrogen-bond acceptors (Lipinski definition) is 2. The molecule has 1 aliphatic rings. The van der Waals surface area contributed by atoms with Gasteiger partial charge < -0.3 is 0 Å². The number of benzene rings is 1. The van der Waals surface area contributed by atoms with Crippen LogP contribution in [-0.4, -0.2) is 5.78 Å². The topological polar surface area (TPSA) is 17.1 Å². The van der Waals surface area contributed by atoms with Crippen molar-refractivity contribution in [3.05, 3.63) is 77.1 Å². The number of Topliss-reactive ketones (excluding diaryl/α,β-unsaturated/α-hetero) is 1. The van der Waals surface area contributed by atoms with Crippen molar-refractivity contribution >= 4 is 17.1 Å². The summed E-state index contributed by atoms with van der Waals surface area (Å²) in [7, 11) is 0. The molecule has 1 nitrogen and oxygen atoms in total. The fourth-order valence-electron chi connectivity index (χ4n) is 2.73. The number of halogens is 1. The molecule has 0 N–H and O–H groups in total. The highest BCUT2D eigenvalue weighted by Crippen LogP contribution is 2.35. The molecule has 0 radical (unpaired) electrons. The first-order valence-electron chi connectivity index (χ1n) is 8.15. The van der Waals surface area contributed by atoms with E-state index in [1.54, 1.807) is 11.3 Å². The van der Waals surface area contributed by atoms with Gasteiger partial charge in [-0.25, -0.2) is 0 Å². The fraction of sp³-hybridized carbons (Fsp3) is 0.286. The molecule has 124 valence electrons. The molecule has 0 saturated carbocycles. The summed E-state index contributed by atoms with van der Waals surface area (Å²) < 4.78 is 2.77. The van der Waals surface area contributed by atoms with Gasteiger partial charge in [-0.15, -0.1) is 11.3 Å². The van der Waals surface area contributed by atoms with E-state index in [9.17, 15) is 4.79 Å². The monoisotopic (exact) mass is 449 g/mol. The molecule has 0 fully saturated rings. The van der Waals surface area contributed by atoms with Gasteiger partial charge >= 0.3 is 21.2 Å². The minimum absolute atomic E-state index is 0.123. The molecule has 0 amide bonds. The Balaban J connectivity index is 1.95. The van der Waals surface area contributed by atoms with Gasteiger partial charge in [0.25, 0.3) is 0 Å². The first kappa shape index (κ1) is 17.6. The van der Waals surface area contributed by atoms with Crippen molar-refractivity contribution in [2.75, 3.05) is 0 Å². The summed E-state index contributed by atoms with van der Waals surface area (Å²) in [5.74, 6) is 0.241. The Kier molecular flexibility index (Phi) is 5.40. The lowest BCUT2D eigenvalue weighted by Crippen LogP contribution is -3.61. The van der Waals surface area contributed by atoms with Gasteiger partial charge in [-0.3, -0.25) is 4.79 Å². The van der Waals surface area contributed by atoms with Crippen LogP contribution in [0.5, 0.6) is 0 Å². The molecule has 0 spiro atoms. The maximum absolute atomic E-state index is 13.1. The fourth-order valence-corrected chi connectivity index (χ4v) is 6.15. The molecule has 1 aromatic heterocycles. The van der Waals surface area contributed by atoms with Crippen LogP contribution in [0.25, 0.3) is 0 Å². The quantitative estimate of drug-likeness (QED) is 0.399. The largest absolute Gasteiger partial charge is 0.353 e. The van der Waals surface area contributed by atoms with E-state index in [1.807, 2.05) is 17.5 Å². The summed E-state index contributed by atoms with van der Waals surface area (Å²) in [6.07, 6.45) is 4.10. The average molecular weight is 449 g/mol. The molecule has 0 aliphatic heterocycles. The Labute approximate surface area is 158 Å². The maximum atomic E-state index is 13.1. The van der Waals surface area contributed by atoms with E-state index in [2.05, 4.69) is 57.2 Å². The molecular formula is C21H22IOS+. The number of thiophene rings is 1. The molecule has 3 rings (SSSR count). The third-order valence-corrected chi connectivity index (χ3v) is 8.11. The highest BCUT2D eigenvalue weighted by Gasteiger charge is 2.33. The number of carbonyl (C=O) groups is 1. The Morgan fingerprint density at radius 2 is 1.83 bits per heavy atom. The summed E-state index contributed by atoms with van der Waals surface area (Å²) in [6.45, 7) is 6.72. The first-order chi connectivity index (χ1) is 11.4. The normalized spacial score (nSPS) is 15.4. The third-order valence-electron chi connectivity index (χ3n) is 4.16. The van der Waals surface area contributed by atoms with Gasteiger partial charge in [-0.2, -0.15) is 0 Å². The van der Waals surface area contributed by atoms with Gasteiger partial charge in [-0.05, 0) is 29.0 Å². The molecule has 2 aromatic rings. The van der Waals surface area contributed by atoms with Crippen LogP contribution < -0.4 is 21.2 Å². The molecular weight excluding hydrogens is 427 g/mol. The molecule has 0 bridgehead atoms. The molecule has 0 atom stereocenters. The molecule has 1 aromatic carbocycles. The van der Waals surface area contributed by atoms with E-state index in [4.69, 9.17) is 0 Å². The van der Waals surface area contributed by atoms with Gasteiger partial charge in [0.05, 0.1) is 10.5 Å². The number of hydrogen-bond donors (Lipinski definition) is 0. The second kappa shape index (κ2) is 7.36. The molecule has 0 unspecified atom stereocenters. The summed E-state index contributed by atoms with van der Waals surface area (Å²) in [5.41, 5.74) is 2.57. The van der Waals surface area contributed by atoms with E-state index >= 15 is 0 Å². The van der Waals surface area contributed by atoms with Crippen LogP contribution in [0.1, 0.15) is 43.3 Å². The lowest BCUT2D eigenvalue weighted by atomic mass is 9.79. The number of carbonyl (C=O) groups excluding carboxylic acids is 1. The molecule has 1 heterocycles. The Morgan fingerprint density at radius 1 is 1.08 bits per heavy atom. The van der Waals surface area contributed by atoms with Crippen molar-refractivity contribution in [2.45, 2.75) is 33.6 Å². The van der Waals surface area contributed by atoms with Crippen molar-refractivity contribution in [3.63, 3.8) is 0 Å². The predicted molar refractivity (Wildman–Crippen MR) is 97.6 cm³/mol. The minimum atomic E-state index is -0.283. The van der Waals surface area contributed by atoms with Gasteiger partial charge in [0, 0.05) is 12.8 Å². The van der Waals surface area contributed by atoms with E-state index in [0.717, 1.165) is 23.3 Å². The highest BCUT2D eigenvalue weighted by atomic mass is 127. The third kappa shape index (κ3) is 4.06. The van der Waals surface area contributed by atoms with Crippen LogP contribution in [0.15, 0.2) is 68.6 Å². The zero-order valence-corrected chi connectivity index (χ0v) is 17.3. The Hall–Kier alpha value is -1.20. The second-order valence-corrected chi connectivity index (χ2v) is 11.0. The zero-order chi connectivity index (χ0) is 17.2. The number of ketones is 1. The van der Waals surface area contributed by atoms with Gasteiger partial charge in [0.1, 0.15) is 0 Å². The summed E-state index contributed by atoms with van der Waals surface area (Å²) in [5, 5.41) is 1.99. The Bertz CT molecular complexity index is 777. The van der Waals surface area contributed by atoms with Crippen LogP contribution in [0.3, 0.4) is 0 Å². The SMILES string of the molecule is CC(C)(C)C1=CCC([I+]c2ccccc2)=C(C(=O)c2cccs2)C1. The maximum Gasteiger partial charge on any atom is 0.353 e. The van der Waals surface area contributed by atoms with Crippen LogP contribution in [0, 0.1) is 8.99 Å². The van der Waals surface area contributed by atoms with Crippen molar-refractivity contribution in [2.24, 2.45) is 5.41 Å². The van der Waals surface area contributed by atoms with Crippen LogP contribution >= 0.6 is 11.3 Å². The van der Waals surface area contributed by atoms with Gasteiger partial charge in [0.15, 0.2) is 7.15 Å². The van der Waals surface area contributed by atoms with Crippen LogP contribution in [-0.2, 0) is 0 Å². The number of rotatable bonds is 4. The Morgan fingerprint density at radius 3 is 2.46 bits per heavy atom. The molecule has 3 heteroatoms. The predicted octanol–water partition coefficient (Wildman–Crippen LogP) is 2.91. The van der Waals surface area contributed by atoms with E-state index in [0.29, 0.717) is 0 Å². The lowest BCUT2D eigenvalue weighted by Gasteiger charge is -2.26. The summed E-state index contributed by atoms with van der Waals surface area (Å²) in [4.78, 5) is 13.9. The van der Waals surface area contributed by atoms with E-state index in [-0.39, 0.29) is 32.4 Å². The van der Waals surface area contributed by atoms with Crippen molar-refractivity contribution in [1.82, 2.24) is 0 Å². The molecule has 0 saturated heterocycles. The lowest BCUT2D eigenvalue weighted by molar-refractivity contribution is -0.578. The summed E-state index contributed by atoms with van der Waals surface area (Å²) >= 11 is 1.27. The van der Waals surface area contributed by atoms with Gasteiger partial charge in [-0.1, -0.05) is 56.7 Å². The van der Waals surface area contributed by atoms with Gasteiger partial charge in [0.2, 0.25) is 5.78 Å². The molecule has 24 heavy (non-hydrogen) atoms. The standard InChI is InChI=1S/C21H22IOS/c1-21(2,3)15-11-12-18(22-16-8-5-4-6-9-16)17(14-15)20(23)19-10-7-13-24-19/h4-11,13H,12,14H2,1-3H3/q+1. The van der Waals surface area contributed by atoms with E-state index < -0.39 is 0 Å². The second-order valence-electron chi connectivity index (χ2n) is 6.94. The summed E-state index contributed by atoms with van der Waals surface area (Å²) in [6, 6.07) is 14.5. The smallest absolute Gasteiger partial charge is 0.288 e. The minimum Gasteiger partial charge on any atom is -0.288 e. The van der Waals surface area contributed by atoms with Crippen molar-refractivity contribution in [3.8, 4) is 0 Å². The first-order valence-corrected chi connectivity index (χ1v) is 11.2. The highest BCUT2D eigenvalue weighted by molar-refractivity contribution is 7.12. The number of allylic oxidation sites excluding steroid dienone is 4. The average Bonchev–Trinajstić information content (AvgIpc) is 3.09. The zero-order valence-electron chi connectivity index (χ0n) is 14.3. The van der Waals surface area contributed by atoms with Crippen LogP contribution in [0.2, 0.25) is 0 Å². The molecule has 1 aliphatic carbocycles. The van der Waals surface area contributed by atoms with Crippen LogP contribution in [0.4, 0.5) is 0 Å². The van der Waals surface area contributed by atoms with E-state index in [1.165, 1.54) is 12.7 Å². The van der Waals surface area contributed by atoms with Crippen molar-refractivity contribution < 1.29 is 26.0 Å². The van der Waals surface area contributed by atoms with Crippen molar-refractivity contribution in [1.29, 1.82) is 0 Å².